The van der Waals surface area contributed by atoms with Gasteiger partial charge >= 0.3 is 0 Å². The van der Waals surface area contributed by atoms with Gasteiger partial charge in [0.05, 0.1) is 0 Å². The van der Waals surface area contributed by atoms with Crippen LogP contribution in [0.15, 0.2) is 0 Å². The molecule has 3 unspecified atom stereocenters. The van der Waals surface area contributed by atoms with Crippen molar-refractivity contribution in [3.63, 3.8) is 0 Å². The van der Waals surface area contributed by atoms with Crippen molar-refractivity contribution < 1.29 is 9.53 Å². The van der Waals surface area contributed by atoms with Gasteiger partial charge in [-0.1, -0.05) is 13.8 Å². The molecule has 2 N–H and O–H groups in total. The average molecular weight is 242 g/mol. The quantitative estimate of drug-likeness (QED) is 0.807. The van der Waals surface area contributed by atoms with Gasteiger partial charge in [0, 0.05) is 20.2 Å². The molecule has 1 saturated heterocycles. The number of piperidine rings is 1. The maximum Gasteiger partial charge on any atom is 0.254 e. The third kappa shape index (κ3) is 2.99. The number of hydrogen-bond donors (Lipinski definition) is 1. The molecule has 0 bridgehead atoms. The number of carbonyl (C=O) groups excluding carboxylic acids is 1. The van der Waals surface area contributed by atoms with Gasteiger partial charge in [0.15, 0.2) is 0 Å². The zero-order valence-corrected chi connectivity index (χ0v) is 11.5. The first-order chi connectivity index (χ1) is 7.98. The van der Waals surface area contributed by atoms with Crippen LogP contribution in [0.25, 0.3) is 0 Å². The Morgan fingerprint density at radius 1 is 1.59 bits per heavy atom. The second-order valence-corrected chi connectivity index (χ2v) is 5.30. The molecular formula is C13H26N2O2. The van der Waals surface area contributed by atoms with E-state index in [4.69, 9.17) is 10.5 Å². The van der Waals surface area contributed by atoms with E-state index in [2.05, 4.69) is 6.92 Å². The molecule has 1 aliphatic heterocycles. The van der Waals surface area contributed by atoms with Gasteiger partial charge in [0.2, 0.25) is 0 Å². The van der Waals surface area contributed by atoms with Gasteiger partial charge < -0.3 is 15.4 Å². The predicted octanol–water partition coefficient (Wildman–Crippen LogP) is 1.24. The summed E-state index contributed by atoms with van der Waals surface area (Å²) < 4.78 is 5.38. The first-order valence-corrected chi connectivity index (χ1v) is 6.53. The molecule has 1 fully saturated rings. The van der Waals surface area contributed by atoms with Crippen molar-refractivity contribution in [2.75, 3.05) is 26.7 Å². The van der Waals surface area contributed by atoms with Crippen molar-refractivity contribution in [2.24, 2.45) is 17.6 Å². The molecule has 0 spiro atoms. The summed E-state index contributed by atoms with van der Waals surface area (Å²) in [6.45, 7) is 8.32. The highest BCUT2D eigenvalue weighted by Gasteiger charge is 2.38. The summed E-state index contributed by atoms with van der Waals surface area (Å²) >= 11 is 0. The summed E-state index contributed by atoms with van der Waals surface area (Å²) in [5.74, 6) is 1.14. The van der Waals surface area contributed by atoms with Crippen molar-refractivity contribution in [2.45, 2.75) is 39.2 Å². The van der Waals surface area contributed by atoms with Crippen molar-refractivity contribution in [3.8, 4) is 0 Å². The van der Waals surface area contributed by atoms with Gasteiger partial charge in [-0.25, -0.2) is 0 Å². The number of hydrogen-bond acceptors (Lipinski definition) is 3. The number of rotatable bonds is 4. The smallest absolute Gasteiger partial charge is 0.254 e. The number of ether oxygens (including phenoxy) is 1. The molecule has 100 valence electrons. The number of nitrogens with zero attached hydrogens (tertiary/aromatic N) is 1. The molecular weight excluding hydrogens is 216 g/mol. The zero-order valence-electron chi connectivity index (χ0n) is 11.5. The molecule has 1 aliphatic rings. The Morgan fingerprint density at radius 2 is 2.24 bits per heavy atom. The van der Waals surface area contributed by atoms with Crippen LogP contribution >= 0.6 is 0 Å². The monoisotopic (exact) mass is 242 g/mol. The maximum atomic E-state index is 12.4. The highest BCUT2D eigenvalue weighted by atomic mass is 16.5. The highest BCUT2D eigenvalue weighted by Crippen LogP contribution is 2.26. The van der Waals surface area contributed by atoms with Gasteiger partial charge in [-0.3, -0.25) is 4.79 Å². The summed E-state index contributed by atoms with van der Waals surface area (Å²) in [7, 11) is 1.61. The van der Waals surface area contributed by atoms with Crippen molar-refractivity contribution >= 4 is 5.91 Å². The van der Waals surface area contributed by atoms with E-state index in [1.54, 1.807) is 7.11 Å². The standard InChI is InChI=1S/C13H26N2O2/c1-5-13(3,17-4)12(16)15-7-6-10(2)11(8-14)9-15/h10-11H,5-9,14H2,1-4H3. The molecule has 0 saturated carbocycles. The Balaban J connectivity index is 2.70. The Bertz CT molecular complexity index is 264. The minimum Gasteiger partial charge on any atom is -0.369 e. The molecule has 0 aromatic rings. The Hall–Kier alpha value is -0.610. The zero-order chi connectivity index (χ0) is 13.1. The van der Waals surface area contributed by atoms with Crippen LogP contribution in [-0.2, 0) is 9.53 Å². The average Bonchev–Trinajstić information content (AvgIpc) is 2.37. The van der Waals surface area contributed by atoms with Crippen LogP contribution in [0.2, 0.25) is 0 Å². The van der Waals surface area contributed by atoms with Crippen LogP contribution in [0.5, 0.6) is 0 Å². The van der Waals surface area contributed by atoms with Crippen LogP contribution in [0.1, 0.15) is 33.6 Å². The lowest BCUT2D eigenvalue weighted by Gasteiger charge is -2.40. The Kier molecular flexibility index (Phi) is 4.95. The number of likely N-dealkylation sites (tertiary alicyclic amines) is 1. The van der Waals surface area contributed by atoms with Crippen molar-refractivity contribution in [1.82, 2.24) is 4.90 Å². The lowest BCUT2D eigenvalue weighted by atomic mass is 9.86. The fourth-order valence-electron chi connectivity index (χ4n) is 2.36. The molecule has 1 amide bonds. The predicted molar refractivity (Wildman–Crippen MR) is 68.6 cm³/mol. The van der Waals surface area contributed by atoms with E-state index < -0.39 is 5.60 Å². The summed E-state index contributed by atoms with van der Waals surface area (Å²) in [5.41, 5.74) is 5.08. The minimum atomic E-state index is -0.681. The molecule has 4 heteroatoms. The topological polar surface area (TPSA) is 55.6 Å². The minimum absolute atomic E-state index is 0.104. The van der Waals surface area contributed by atoms with E-state index in [0.29, 0.717) is 24.8 Å². The van der Waals surface area contributed by atoms with Gasteiger partial charge in [-0.05, 0) is 38.1 Å². The van der Waals surface area contributed by atoms with E-state index >= 15 is 0 Å². The summed E-state index contributed by atoms with van der Waals surface area (Å²) in [6, 6.07) is 0. The third-order valence-electron chi connectivity index (χ3n) is 4.28. The van der Waals surface area contributed by atoms with E-state index in [-0.39, 0.29) is 5.91 Å². The van der Waals surface area contributed by atoms with Gasteiger partial charge in [-0.15, -0.1) is 0 Å². The second kappa shape index (κ2) is 5.83. The summed E-state index contributed by atoms with van der Waals surface area (Å²) in [5, 5.41) is 0. The van der Waals surface area contributed by atoms with Crippen molar-refractivity contribution in [1.29, 1.82) is 0 Å². The Labute approximate surface area is 104 Å². The van der Waals surface area contributed by atoms with Gasteiger partial charge in [0.1, 0.15) is 5.60 Å². The maximum absolute atomic E-state index is 12.4. The van der Waals surface area contributed by atoms with Crippen LogP contribution in [0.4, 0.5) is 0 Å². The van der Waals surface area contributed by atoms with E-state index in [1.807, 2.05) is 18.7 Å². The molecule has 0 aromatic heterocycles. The first-order valence-electron chi connectivity index (χ1n) is 6.53. The molecule has 0 radical (unpaired) electrons. The number of methoxy groups -OCH3 is 1. The highest BCUT2D eigenvalue weighted by molar-refractivity contribution is 5.84. The lowest BCUT2D eigenvalue weighted by Crippen LogP contribution is -2.53. The Morgan fingerprint density at radius 3 is 2.71 bits per heavy atom. The van der Waals surface area contributed by atoms with Crippen LogP contribution in [-0.4, -0.2) is 43.2 Å². The third-order valence-corrected chi connectivity index (χ3v) is 4.28. The summed E-state index contributed by atoms with van der Waals surface area (Å²) in [4.78, 5) is 14.3. The number of carbonyl (C=O) groups is 1. The van der Waals surface area contributed by atoms with E-state index in [9.17, 15) is 4.79 Å². The molecule has 1 heterocycles. The van der Waals surface area contributed by atoms with Crippen LogP contribution in [0, 0.1) is 11.8 Å². The fraction of sp³-hybridized carbons (Fsp3) is 0.923. The molecule has 1 rings (SSSR count). The van der Waals surface area contributed by atoms with E-state index in [0.717, 1.165) is 19.5 Å². The largest absolute Gasteiger partial charge is 0.369 e. The van der Waals surface area contributed by atoms with Crippen molar-refractivity contribution in [3.05, 3.63) is 0 Å². The number of nitrogens with two attached hydrogens (primary N) is 1. The molecule has 3 atom stereocenters. The fourth-order valence-corrected chi connectivity index (χ4v) is 2.36. The first kappa shape index (κ1) is 14.5. The molecule has 17 heavy (non-hydrogen) atoms. The van der Waals surface area contributed by atoms with Gasteiger partial charge in [0.25, 0.3) is 5.91 Å². The number of amides is 1. The van der Waals surface area contributed by atoms with Crippen LogP contribution < -0.4 is 5.73 Å². The molecule has 0 aliphatic carbocycles. The van der Waals surface area contributed by atoms with Gasteiger partial charge in [-0.2, -0.15) is 0 Å². The second-order valence-electron chi connectivity index (χ2n) is 5.30. The lowest BCUT2D eigenvalue weighted by molar-refractivity contribution is -0.155. The van der Waals surface area contributed by atoms with Crippen LogP contribution in [0.3, 0.4) is 0 Å². The normalized spacial score (nSPS) is 28.9. The molecule has 4 nitrogen and oxygen atoms in total. The summed E-state index contributed by atoms with van der Waals surface area (Å²) in [6.07, 6.45) is 1.73. The molecule has 0 aromatic carbocycles. The van der Waals surface area contributed by atoms with E-state index in [1.165, 1.54) is 0 Å². The SMILES string of the molecule is CCC(C)(OC)C(=O)N1CCC(C)C(CN)C1.